The van der Waals surface area contributed by atoms with Gasteiger partial charge in [-0.2, -0.15) is 4.31 Å². The maximum absolute atomic E-state index is 12.4. The molecule has 0 saturated carbocycles. The van der Waals surface area contributed by atoms with Gasteiger partial charge < -0.3 is 10.6 Å². The zero-order chi connectivity index (χ0) is 16.0. The van der Waals surface area contributed by atoms with E-state index in [0.717, 1.165) is 4.31 Å². The second kappa shape index (κ2) is 7.48. The van der Waals surface area contributed by atoms with Gasteiger partial charge in [-0.3, -0.25) is 9.78 Å². The minimum Gasteiger partial charge on any atom is -0.342 e. The fourth-order valence-electron chi connectivity index (χ4n) is 1.82. The number of carbonyl (C=O) groups is 1. The Morgan fingerprint density at radius 1 is 1.29 bits per heavy atom. The summed E-state index contributed by atoms with van der Waals surface area (Å²) >= 11 is 0. The number of nitrogens with two attached hydrogens (primary N) is 1. The highest BCUT2D eigenvalue weighted by molar-refractivity contribution is 7.89. The number of amides is 1. The van der Waals surface area contributed by atoms with Crippen LogP contribution in [0.15, 0.2) is 23.2 Å². The van der Waals surface area contributed by atoms with Crippen LogP contribution < -0.4 is 5.73 Å². The quantitative estimate of drug-likeness (QED) is 0.766. The number of likely N-dealkylation sites (N-methyl/N-ethyl adjacent to an activating group) is 2. The zero-order valence-electron chi connectivity index (χ0n) is 12.6. The fraction of sp³-hybridized carbons (Fsp3) is 0.538. The molecule has 0 saturated heterocycles. The van der Waals surface area contributed by atoms with E-state index < -0.39 is 10.0 Å². The summed E-state index contributed by atoms with van der Waals surface area (Å²) in [6.45, 7) is 4.86. The van der Waals surface area contributed by atoms with Crippen molar-refractivity contribution < 1.29 is 13.2 Å². The van der Waals surface area contributed by atoms with Crippen LogP contribution in [-0.4, -0.2) is 55.2 Å². The van der Waals surface area contributed by atoms with E-state index in [2.05, 4.69) is 4.98 Å². The molecule has 0 aliphatic rings. The average molecular weight is 314 g/mol. The third kappa shape index (κ3) is 4.23. The Morgan fingerprint density at radius 2 is 1.90 bits per heavy atom. The Hall–Kier alpha value is -1.51. The molecule has 118 valence electrons. The lowest BCUT2D eigenvalue weighted by Gasteiger charge is -2.22. The second-order valence-electron chi connectivity index (χ2n) is 4.52. The van der Waals surface area contributed by atoms with Gasteiger partial charge in [-0.25, -0.2) is 8.42 Å². The molecule has 0 aromatic carbocycles. The fourth-order valence-corrected chi connectivity index (χ4v) is 2.88. The summed E-state index contributed by atoms with van der Waals surface area (Å²) in [5.41, 5.74) is 6.03. The van der Waals surface area contributed by atoms with Crippen LogP contribution in [0.1, 0.15) is 19.5 Å². The molecule has 21 heavy (non-hydrogen) atoms. The summed E-state index contributed by atoms with van der Waals surface area (Å²) in [5.74, 6) is -0.224. The molecule has 1 rings (SSSR count). The summed E-state index contributed by atoms with van der Waals surface area (Å²) in [4.78, 5) is 17.6. The Morgan fingerprint density at radius 3 is 2.33 bits per heavy atom. The van der Waals surface area contributed by atoms with E-state index >= 15 is 0 Å². The number of sulfonamides is 1. The Kier molecular flexibility index (Phi) is 6.25. The number of nitrogens with zero attached hydrogens (tertiary/aromatic N) is 3. The van der Waals surface area contributed by atoms with Crippen molar-refractivity contribution in [2.24, 2.45) is 5.73 Å². The van der Waals surface area contributed by atoms with Crippen molar-refractivity contribution >= 4 is 15.9 Å². The molecule has 2 N–H and O–H groups in total. The van der Waals surface area contributed by atoms with Gasteiger partial charge in [0.05, 0.1) is 12.2 Å². The van der Waals surface area contributed by atoms with Gasteiger partial charge in [-0.05, 0) is 26.0 Å². The van der Waals surface area contributed by atoms with Crippen LogP contribution >= 0.6 is 0 Å². The van der Waals surface area contributed by atoms with Gasteiger partial charge in [-0.15, -0.1) is 0 Å². The molecule has 0 unspecified atom stereocenters. The summed E-state index contributed by atoms with van der Waals surface area (Å²) in [7, 11) is -2.34. The van der Waals surface area contributed by atoms with Gasteiger partial charge in [0.1, 0.15) is 4.90 Å². The molecule has 1 aromatic heterocycles. The standard InChI is InChI=1S/C13H22N4O3S/c1-4-17(5-2)13(18)10-16(3)21(19,20)12-7-6-11(8-14)15-9-12/h6-7,9H,4-5,8,10,14H2,1-3H3. The van der Waals surface area contributed by atoms with Crippen molar-refractivity contribution in [3.05, 3.63) is 24.0 Å². The third-order valence-electron chi connectivity index (χ3n) is 3.19. The van der Waals surface area contributed by atoms with Crippen molar-refractivity contribution in [3.63, 3.8) is 0 Å². The van der Waals surface area contributed by atoms with Gasteiger partial charge >= 0.3 is 0 Å². The highest BCUT2D eigenvalue weighted by Gasteiger charge is 2.24. The number of rotatable bonds is 7. The van der Waals surface area contributed by atoms with Crippen LogP contribution in [0.2, 0.25) is 0 Å². The van der Waals surface area contributed by atoms with E-state index in [0.29, 0.717) is 18.8 Å². The lowest BCUT2D eigenvalue weighted by Crippen LogP contribution is -2.41. The molecule has 0 aliphatic carbocycles. The van der Waals surface area contributed by atoms with Crippen molar-refractivity contribution in [2.45, 2.75) is 25.3 Å². The third-order valence-corrected chi connectivity index (χ3v) is 4.98. The van der Waals surface area contributed by atoms with Crippen molar-refractivity contribution in [2.75, 3.05) is 26.7 Å². The van der Waals surface area contributed by atoms with Crippen molar-refractivity contribution in [1.29, 1.82) is 0 Å². The molecule has 7 nitrogen and oxygen atoms in total. The minimum absolute atomic E-state index is 0.0505. The second-order valence-corrected chi connectivity index (χ2v) is 6.56. The van der Waals surface area contributed by atoms with Gasteiger partial charge in [0.25, 0.3) is 0 Å². The molecular weight excluding hydrogens is 292 g/mol. The van der Waals surface area contributed by atoms with Crippen LogP contribution in [0.4, 0.5) is 0 Å². The average Bonchev–Trinajstić information content (AvgIpc) is 2.48. The van der Waals surface area contributed by atoms with Gasteiger partial charge in [0.15, 0.2) is 0 Å². The maximum atomic E-state index is 12.4. The molecule has 1 aromatic rings. The molecule has 0 radical (unpaired) electrons. The maximum Gasteiger partial charge on any atom is 0.244 e. The number of aromatic nitrogens is 1. The highest BCUT2D eigenvalue weighted by atomic mass is 32.2. The Balaban J connectivity index is 2.88. The van der Waals surface area contributed by atoms with E-state index in [9.17, 15) is 13.2 Å². The number of pyridine rings is 1. The number of carbonyl (C=O) groups excluding carboxylic acids is 1. The Bertz CT molecular complexity index is 568. The van der Waals surface area contributed by atoms with Crippen LogP contribution in [0.25, 0.3) is 0 Å². The highest BCUT2D eigenvalue weighted by Crippen LogP contribution is 2.13. The smallest absolute Gasteiger partial charge is 0.244 e. The molecule has 0 bridgehead atoms. The summed E-state index contributed by atoms with van der Waals surface area (Å²) in [5, 5.41) is 0. The van der Waals surface area contributed by atoms with Crippen LogP contribution in [0, 0.1) is 0 Å². The van der Waals surface area contributed by atoms with Crippen LogP contribution in [0.3, 0.4) is 0 Å². The normalized spacial score (nSPS) is 11.7. The van der Waals surface area contributed by atoms with E-state index in [1.54, 1.807) is 11.0 Å². The van der Waals surface area contributed by atoms with Crippen molar-refractivity contribution in [3.8, 4) is 0 Å². The van der Waals surface area contributed by atoms with E-state index in [4.69, 9.17) is 5.73 Å². The SMILES string of the molecule is CCN(CC)C(=O)CN(C)S(=O)(=O)c1ccc(CN)nc1. The molecule has 0 fully saturated rings. The number of hydrogen-bond donors (Lipinski definition) is 1. The predicted octanol–water partition coefficient (Wildman–Crippen LogP) is 0.0292. The molecule has 0 aliphatic heterocycles. The molecule has 8 heteroatoms. The molecule has 0 spiro atoms. The van der Waals surface area contributed by atoms with E-state index in [1.807, 2.05) is 13.8 Å². The first kappa shape index (κ1) is 17.5. The lowest BCUT2D eigenvalue weighted by atomic mass is 10.4. The first-order valence-corrected chi connectivity index (χ1v) is 8.19. The Labute approximate surface area is 125 Å². The first-order chi connectivity index (χ1) is 9.86. The van der Waals surface area contributed by atoms with Gasteiger partial charge in [0, 0.05) is 32.9 Å². The molecular formula is C13H22N4O3S. The van der Waals surface area contributed by atoms with Gasteiger partial charge in [-0.1, -0.05) is 0 Å². The van der Waals surface area contributed by atoms with Crippen molar-refractivity contribution in [1.82, 2.24) is 14.2 Å². The summed E-state index contributed by atoms with van der Waals surface area (Å²) in [6, 6.07) is 3.01. The van der Waals surface area contributed by atoms with E-state index in [-0.39, 0.29) is 23.9 Å². The van der Waals surface area contributed by atoms with E-state index in [1.165, 1.54) is 19.3 Å². The van der Waals surface area contributed by atoms with Crippen LogP contribution in [0.5, 0.6) is 0 Å². The molecule has 0 atom stereocenters. The van der Waals surface area contributed by atoms with Crippen LogP contribution in [-0.2, 0) is 21.4 Å². The largest absolute Gasteiger partial charge is 0.342 e. The predicted molar refractivity (Wildman–Crippen MR) is 79.9 cm³/mol. The van der Waals surface area contributed by atoms with Gasteiger partial charge in [0.2, 0.25) is 15.9 Å². The number of hydrogen-bond acceptors (Lipinski definition) is 5. The molecule has 1 amide bonds. The lowest BCUT2D eigenvalue weighted by molar-refractivity contribution is -0.130. The topological polar surface area (TPSA) is 96.6 Å². The first-order valence-electron chi connectivity index (χ1n) is 6.75. The zero-order valence-corrected chi connectivity index (χ0v) is 13.4. The minimum atomic E-state index is -3.73. The summed E-state index contributed by atoms with van der Waals surface area (Å²) in [6.07, 6.45) is 1.26. The monoisotopic (exact) mass is 314 g/mol. The molecule has 1 heterocycles. The summed E-state index contributed by atoms with van der Waals surface area (Å²) < 4.78 is 25.7.